The highest BCUT2D eigenvalue weighted by Gasteiger charge is 2.66. The molecular formula is C26H41NO5. The molecule has 32 heavy (non-hydrogen) atoms. The number of hydrogen-bond donors (Lipinski definition) is 2. The first-order valence-electron chi connectivity index (χ1n) is 12.7. The van der Waals surface area contributed by atoms with Gasteiger partial charge in [-0.05, 0) is 57.4 Å². The average molecular weight is 448 g/mol. The number of aliphatic hydroxyl groups is 2. The van der Waals surface area contributed by atoms with E-state index >= 15 is 0 Å². The molecule has 3 heterocycles. The van der Waals surface area contributed by atoms with Crippen molar-refractivity contribution in [3.8, 4) is 0 Å². The van der Waals surface area contributed by atoms with Crippen molar-refractivity contribution in [3.05, 3.63) is 11.1 Å². The monoisotopic (exact) mass is 447 g/mol. The Balaban J connectivity index is 1.39. The van der Waals surface area contributed by atoms with Gasteiger partial charge in [-0.1, -0.05) is 26.3 Å². The molecule has 6 aliphatic rings. The van der Waals surface area contributed by atoms with Crippen molar-refractivity contribution in [1.29, 1.82) is 0 Å². The maximum absolute atomic E-state index is 12.2. The lowest BCUT2D eigenvalue weighted by Gasteiger charge is -2.62. The summed E-state index contributed by atoms with van der Waals surface area (Å²) in [6.45, 7) is 13.8. The van der Waals surface area contributed by atoms with E-state index in [0.717, 1.165) is 38.7 Å². The molecule has 2 saturated carbocycles. The molecule has 0 aromatic heterocycles. The third kappa shape index (κ3) is 2.93. The number of likely N-dealkylation sites (tertiary alicyclic amines) is 1. The quantitative estimate of drug-likeness (QED) is 0.635. The molecule has 0 radical (unpaired) electrons. The summed E-state index contributed by atoms with van der Waals surface area (Å²) in [5.74, 6) is 0.884. The van der Waals surface area contributed by atoms with Crippen LogP contribution in [0.5, 0.6) is 0 Å². The van der Waals surface area contributed by atoms with Crippen LogP contribution in [0.2, 0.25) is 0 Å². The smallest absolute Gasteiger partial charge is 0.171 e. The van der Waals surface area contributed by atoms with Gasteiger partial charge in [0.15, 0.2) is 6.29 Å². The van der Waals surface area contributed by atoms with Crippen molar-refractivity contribution in [1.82, 2.24) is 4.90 Å². The molecule has 8 atom stereocenters. The van der Waals surface area contributed by atoms with Crippen molar-refractivity contribution < 1.29 is 24.4 Å². The fourth-order valence-electron chi connectivity index (χ4n) is 8.39. The van der Waals surface area contributed by atoms with E-state index in [2.05, 4.69) is 32.6 Å². The molecule has 3 aliphatic heterocycles. The first-order chi connectivity index (χ1) is 14.9. The maximum Gasteiger partial charge on any atom is 0.171 e. The molecule has 2 bridgehead atoms. The topological polar surface area (TPSA) is 71.4 Å². The Labute approximate surface area is 192 Å². The normalized spacial score (nSPS) is 51.5. The number of allylic oxidation sites excluding steroid dienone is 1. The third-order valence-electron chi connectivity index (χ3n) is 10.4. The molecule has 0 aromatic rings. The second kappa shape index (κ2) is 6.79. The number of nitrogens with zero attached hydrogens (tertiary/aromatic N) is 1. The van der Waals surface area contributed by atoms with Gasteiger partial charge in [-0.15, -0.1) is 0 Å². The zero-order valence-corrected chi connectivity index (χ0v) is 20.4. The van der Waals surface area contributed by atoms with Crippen LogP contribution in [-0.2, 0) is 14.2 Å². The lowest BCUT2D eigenvalue weighted by atomic mass is 9.47. The van der Waals surface area contributed by atoms with Gasteiger partial charge in [0.05, 0.1) is 30.0 Å². The van der Waals surface area contributed by atoms with Crippen LogP contribution in [0, 0.1) is 22.7 Å². The van der Waals surface area contributed by atoms with Crippen LogP contribution in [0.3, 0.4) is 0 Å². The van der Waals surface area contributed by atoms with Gasteiger partial charge in [0.25, 0.3) is 0 Å². The fraction of sp³-hybridized carbons (Fsp3) is 0.923. The second-order valence-electron chi connectivity index (χ2n) is 13.0. The molecule has 6 rings (SSSR count). The zero-order chi connectivity index (χ0) is 22.7. The summed E-state index contributed by atoms with van der Waals surface area (Å²) in [6, 6.07) is 0. The van der Waals surface area contributed by atoms with Gasteiger partial charge in [-0.3, -0.25) is 4.90 Å². The number of rotatable bonds is 2. The highest BCUT2D eigenvalue weighted by atomic mass is 16.7. The molecule has 1 unspecified atom stereocenters. The van der Waals surface area contributed by atoms with Crippen LogP contribution < -0.4 is 0 Å². The zero-order valence-electron chi connectivity index (χ0n) is 20.4. The Kier molecular flexibility index (Phi) is 4.67. The molecule has 0 spiro atoms. The Morgan fingerprint density at radius 1 is 1.06 bits per heavy atom. The minimum Gasteiger partial charge on any atom is -0.389 e. The van der Waals surface area contributed by atoms with Gasteiger partial charge in [0.1, 0.15) is 6.10 Å². The highest BCUT2D eigenvalue weighted by Crippen LogP contribution is 2.64. The maximum atomic E-state index is 12.2. The van der Waals surface area contributed by atoms with Crippen molar-refractivity contribution in [2.75, 3.05) is 26.2 Å². The van der Waals surface area contributed by atoms with E-state index < -0.39 is 11.2 Å². The predicted molar refractivity (Wildman–Crippen MR) is 120 cm³/mol. The number of hydrogen-bond acceptors (Lipinski definition) is 6. The van der Waals surface area contributed by atoms with E-state index in [-0.39, 0.29) is 29.3 Å². The molecule has 6 heteroatoms. The summed E-state index contributed by atoms with van der Waals surface area (Å²) in [6.07, 6.45) is 4.63. The van der Waals surface area contributed by atoms with Gasteiger partial charge < -0.3 is 24.4 Å². The van der Waals surface area contributed by atoms with Gasteiger partial charge in [-0.25, -0.2) is 0 Å². The molecule has 3 saturated heterocycles. The largest absolute Gasteiger partial charge is 0.389 e. The molecule has 3 aliphatic carbocycles. The Bertz CT molecular complexity index is 830. The number of fused-ring (bicyclic) bond motifs is 8. The van der Waals surface area contributed by atoms with Gasteiger partial charge in [0.2, 0.25) is 0 Å². The van der Waals surface area contributed by atoms with Crippen molar-refractivity contribution in [2.24, 2.45) is 22.7 Å². The molecule has 180 valence electrons. The Hall–Kier alpha value is -0.500. The lowest BCUT2D eigenvalue weighted by Crippen LogP contribution is -2.65. The van der Waals surface area contributed by atoms with Crippen LogP contribution in [0.15, 0.2) is 11.1 Å². The first kappa shape index (κ1) is 22.0. The lowest BCUT2D eigenvalue weighted by molar-refractivity contribution is -0.235. The van der Waals surface area contributed by atoms with Crippen molar-refractivity contribution in [2.45, 2.75) is 103 Å². The SMILES string of the molecule is CC1=C2[C@H]3O[C@@H](CN4CC(C)(O)C4)O[C@H]3[C@]3(C)CC[C@H]4OC[C@H]4C3C[C@](O)(CC1)C2(C)C. The van der Waals surface area contributed by atoms with Crippen molar-refractivity contribution in [3.63, 3.8) is 0 Å². The molecule has 5 fully saturated rings. The predicted octanol–water partition coefficient (Wildman–Crippen LogP) is 2.87. The van der Waals surface area contributed by atoms with E-state index in [1.165, 1.54) is 11.1 Å². The van der Waals surface area contributed by atoms with E-state index in [1.807, 2.05) is 6.92 Å². The van der Waals surface area contributed by atoms with E-state index in [0.29, 0.717) is 37.6 Å². The summed E-state index contributed by atoms with van der Waals surface area (Å²) in [5.41, 5.74) is 0.928. The fourth-order valence-corrected chi connectivity index (χ4v) is 8.39. The third-order valence-corrected chi connectivity index (χ3v) is 10.4. The number of β-amino-alcohol motifs (C(OH)–C–C–N with tert-alkyl or cyclic N) is 1. The average Bonchev–Trinajstić information content (AvgIpc) is 3.04. The van der Waals surface area contributed by atoms with E-state index in [9.17, 15) is 10.2 Å². The van der Waals surface area contributed by atoms with Crippen LogP contribution >= 0.6 is 0 Å². The summed E-state index contributed by atoms with van der Waals surface area (Å²) in [7, 11) is 0. The van der Waals surface area contributed by atoms with Crippen molar-refractivity contribution >= 4 is 0 Å². The summed E-state index contributed by atoms with van der Waals surface area (Å²) in [5, 5.41) is 22.3. The molecule has 6 nitrogen and oxygen atoms in total. The molecule has 2 N–H and O–H groups in total. The van der Waals surface area contributed by atoms with Crippen LogP contribution in [0.25, 0.3) is 0 Å². The Morgan fingerprint density at radius 2 is 1.81 bits per heavy atom. The minimum absolute atomic E-state index is 0.00675. The molecule has 0 aromatic carbocycles. The summed E-state index contributed by atoms with van der Waals surface area (Å²) in [4.78, 5) is 2.23. The van der Waals surface area contributed by atoms with Gasteiger partial charge in [0, 0.05) is 36.4 Å². The second-order valence-corrected chi connectivity index (χ2v) is 13.0. The first-order valence-corrected chi connectivity index (χ1v) is 12.7. The molecule has 0 amide bonds. The van der Waals surface area contributed by atoms with Gasteiger partial charge in [-0.2, -0.15) is 0 Å². The van der Waals surface area contributed by atoms with Crippen LogP contribution in [-0.4, -0.2) is 77.2 Å². The summed E-state index contributed by atoms with van der Waals surface area (Å²) >= 11 is 0. The Morgan fingerprint density at radius 3 is 2.47 bits per heavy atom. The van der Waals surface area contributed by atoms with Crippen LogP contribution in [0.1, 0.15) is 66.7 Å². The number of ether oxygens (including phenoxy) is 3. The highest BCUT2D eigenvalue weighted by molar-refractivity contribution is 5.35. The molecular weight excluding hydrogens is 406 g/mol. The van der Waals surface area contributed by atoms with E-state index in [1.54, 1.807) is 0 Å². The van der Waals surface area contributed by atoms with Gasteiger partial charge >= 0.3 is 0 Å². The minimum atomic E-state index is -0.728. The van der Waals surface area contributed by atoms with E-state index in [4.69, 9.17) is 14.2 Å². The standard InChI is InChI=1S/C26H41NO5/c1-15-6-9-26(29)10-17-16-12-30-18(16)7-8-25(17,5)22-21(20(15)23(26,2)3)31-19(32-22)11-27-13-24(4,28)14-27/h16-19,21-22,28-29H,6-14H2,1-5H3/t16-,17?,18+,19+,21+,22+,25+,26+/m0/s1. The summed E-state index contributed by atoms with van der Waals surface area (Å²) < 4.78 is 19.5. The van der Waals surface area contributed by atoms with Crippen LogP contribution in [0.4, 0.5) is 0 Å².